The number of benzene rings is 1. The Morgan fingerprint density at radius 3 is 2.81 bits per heavy atom. The zero-order chi connectivity index (χ0) is 14.3. The van der Waals surface area contributed by atoms with Crippen LogP contribution in [0, 0.1) is 5.41 Å². The van der Waals surface area contributed by atoms with Crippen LogP contribution in [0.25, 0.3) is 10.1 Å². The molecule has 3 rings (SSSR count). The van der Waals surface area contributed by atoms with Crippen molar-refractivity contribution in [1.82, 2.24) is 4.90 Å². The second-order valence-corrected chi connectivity index (χ2v) is 7.17. The maximum absolute atomic E-state index is 12.8. The van der Waals surface area contributed by atoms with Gasteiger partial charge in [0.05, 0.1) is 5.56 Å². The number of carbonyl (C=O) groups excluding carboxylic acids is 1. The van der Waals surface area contributed by atoms with Gasteiger partial charge in [-0.05, 0) is 17.9 Å². The molecule has 1 amide bonds. The highest BCUT2D eigenvalue weighted by Crippen LogP contribution is 2.31. The number of hydrogen-bond donors (Lipinski definition) is 1. The molecule has 2 N–H and O–H groups in total. The zero-order valence-electron chi connectivity index (χ0n) is 12.3. The largest absolute Gasteiger partial charge is 0.338 e. The van der Waals surface area contributed by atoms with Gasteiger partial charge in [-0.1, -0.05) is 32.0 Å². The van der Waals surface area contributed by atoms with Crippen LogP contribution in [0.1, 0.15) is 30.6 Å². The van der Waals surface area contributed by atoms with Crippen molar-refractivity contribution in [2.75, 3.05) is 13.1 Å². The summed E-state index contributed by atoms with van der Waals surface area (Å²) < 4.78 is 1.17. The molecule has 1 fully saturated rings. The van der Waals surface area contributed by atoms with E-state index in [2.05, 4.69) is 19.9 Å². The van der Waals surface area contributed by atoms with Gasteiger partial charge in [-0.3, -0.25) is 4.79 Å². The Balaban J connectivity index is 0.00000161. The highest BCUT2D eigenvalue weighted by atomic mass is 35.5. The molecule has 0 spiro atoms. The van der Waals surface area contributed by atoms with E-state index >= 15 is 0 Å². The molecular formula is C16H21ClN2OS. The number of likely N-dealkylation sites (tertiary alicyclic amines) is 1. The molecule has 1 aromatic carbocycles. The number of thiophene rings is 1. The fourth-order valence-corrected chi connectivity index (χ4v) is 3.80. The summed E-state index contributed by atoms with van der Waals surface area (Å²) in [5.41, 5.74) is 6.96. The minimum absolute atomic E-state index is 0. The lowest BCUT2D eigenvalue weighted by Crippen LogP contribution is -2.53. The predicted octanol–water partition coefficient (Wildman–Crippen LogP) is 3.52. The van der Waals surface area contributed by atoms with Crippen molar-refractivity contribution in [3.05, 3.63) is 35.2 Å². The van der Waals surface area contributed by atoms with E-state index in [0.29, 0.717) is 0 Å². The van der Waals surface area contributed by atoms with E-state index in [4.69, 9.17) is 5.73 Å². The predicted molar refractivity (Wildman–Crippen MR) is 91.3 cm³/mol. The van der Waals surface area contributed by atoms with Crippen molar-refractivity contribution in [2.24, 2.45) is 11.1 Å². The number of rotatable bonds is 1. The van der Waals surface area contributed by atoms with Gasteiger partial charge in [-0.25, -0.2) is 0 Å². The Labute approximate surface area is 135 Å². The number of hydrogen-bond acceptors (Lipinski definition) is 3. The van der Waals surface area contributed by atoms with E-state index in [-0.39, 0.29) is 29.8 Å². The van der Waals surface area contributed by atoms with Gasteiger partial charge in [0.15, 0.2) is 0 Å². The summed E-state index contributed by atoms with van der Waals surface area (Å²) in [7, 11) is 0. The number of fused-ring (bicyclic) bond motifs is 1. The van der Waals surface area contributed by atoms with Crippen LogP contribution in [-0.4, -0.2) is 29.9 Å². The number of piperidine rings is 1. The molecule has 0 aliphatic carbocycles. The van der Waals surface area contributed by atoms with E-state index in [0.717, 1.165) is 30.5 Å². The third-order valence-electron chi connectivity index (χ3n) is 4.31. The fourth-order valence-electron chi connectivity index (χ4n) is 2.86. The van der Waals surface area contributed by atoms with Gasteiger partial charge >= 0.3 is 0 Å². The van der Waals surface area contributed by atoms with Crippen molar-refractivity contribution in [2.45, 2.75) is 26.3 Å². The normalized spacial score (nSPS) is 21.1. The van der Waals surface area contributed by atoms with Crippen LogP contribution < -0.4 is 5.73 Å². The SMILES string of the molecule is CC1(C)CN(C(=O)c2csc3ccccc23)CCC1N.Cl. The highest BCUT2D eigenvalue weighted by Gasteiger charge is 2.35. The van der Waals surface area contributed by atoms with Crippen molar-refractivity contribution >= 4 is 39.7 Å². The molecule has 3 nitrogen and oxygen atoms in total. The van der Waals surface area contributed by atoms with Gasteiger partial charge in [-0.15, -0.1) is 23.7 Å². The van der Waals surface area contributed by atoms with Crippen LogP contribution in [-0.2, 0) is 0 Å². The summed E-state index contributed by atoms with van der Waals surface area (Å²) in [6.07, 6.45) is 0.876. The summed E-state index contributed by atoms with van der Waals surface area (Å²) in [6, 6.07) is 8.26. The lowest BCUT2D eigenvalue weighted by molar-refractivity contribution is 0.0535. The Morgan fingerprint density at radius 2 is 2.10 bits per heavy atom. The topological polar surface area (TPSA) is 46.3 Å². The summed E-state index contributed by atoms with van der Waals surface area (Å²) in [5.74, 6) is 0.141. The molecule has 0 bridgehead atoms. The average Bonchev–Trinajstić information content (AvgIpc) is 2.85. The van der Waals surface area contributed by atoms with Gasteiger partial charge in [-0.2, -0.15) is 0 Å². The number of nitrogens with zero attached hydrogens (tertiary/aromatic N) is 1. The second kappa shape index (κ2) is 5.95. The van der Waals surface area contributed by atoms with Gasteiger partial charge in [0.1, 0.15) is 0 Å². The Hall–Kier alpha value is -1.10. The minimum atomic E-state index is -0.0142. The first-order valence-electron chi connectivity index (χ1n) is 7.00. The second-order valence-electron chi connectivity index (χ2n) is 6.26. The molecule has 1 saturated heterocycles. The molecule has 1 atom stereocenters. The first-order chi connectivity index (χ1) is 9.49. The first-order valence-corrected chi connectivity index (χ1v) is 7.88. The van der Waals surface area contributed by atoms with E-state index in [1.54, 1.807) is 11.3 Å². The molecular weight excluding hydrogens is 304 g/mol. The van der Waals surface area contributed by atoms with Crippen LogP contribution >= 0.6 is 23.7 Å². The van der Waals surface area contributed by atoms with E-state index < -0.39 is 0 Å². The maximum atomic E-state index is 12.8. The molecule has 1 unspecified atom stereocenters. The number of carbonyl (C=O) groups is 1. The molecule has 5 heteroatoms. The minimum Gasteiger partial charge on any atom is -0.338 e. The Morgan fingerprint density at radius 1 is 1.38 bits per heavy atom. The van der Waals surface area contributed by atoms with Crippen LogP contribution in [0.3, 0.4) is 0 Å². The standard InChI is InChI=1S/C16H20N2OS.ClH/c1-16(2)10-18(8-7-14(16)17)15(19)12-9-20-13-6-4-3-5-11(12)13;/h3-6,9,14H,7-8,10,17H2,1-2H3;1H. The lowest BCUT2D eigenvalue weighted by atomic mass is 9.79. The Kier molecular flexibility index (Phi) is 4.61. The lowest BCUT2D eigenvalue weighted by Gasteiger charge is -2.42. The zero-order valence-corrected chi connectivity index (χ0v) is 14.0. The summed E-state index contributed by atoms with van der Waals surface area (Å²) in [5, 5.41) is 3.05. The van der Waals surface area contributed by atoms with Crippen LogP contribution in [0.4, 0.5) is 0 Å². The van der Waals surface area contributed by atoms with E-state index in [9.17, 15) is 4.79 Å². The van der Waals surface area contributed by atoms with Gasteiger partial charge in [0.2, 0.25) is 0 Å². The highest BCUT2D eigenvalue weighted by molar-refractivity contribution is 7.17. The quantitative estimate of drug-likeness (QED) is 0.872. The van der Waals surface area contributed by atoms with Gasteiger partial charge in [0.25, 0.3) is 5.91 Å². The number of nitrogens with two attached hydrogens (primary N) is 1. The van der Waals surface area contributed by atoms with Crippen molar-refractivity contribution < 1.29 is 4.79 Å². The molecule has 1 aromatic heterocycles. The summed E-state index contributed by atoms with van der Waals surface area (Å²) in [4.78, 5) is 14.7. The smallest absolute Gasteiger partial charge is 0.255 e. The van der Waals surface area contributed by atoms with E-state index in [1.807, 2.05) is 28.5 Å². The third-order valence-corrected chi connectivity index (χ3v) is 5.27. The number of amides is 1. The molecule has 1 aliphatic rings. The molecule has 2 heterocycles. The number of halogens is 1. The Bertz CT molecular complexity index is 653. The molecule has 21 heavy (non-hydrogen) atoms. The average molecular weight is 325 g/mol. The summed E-state index contributed by atoms with van der Waals surface area (Å²) >= 11 is 1.63. The molecule has 1 aliphatic heterocycles. The molecule has 0 saturated carbocycles. The van der Waals surface area contributed by atoms with Crippen LogP contribution in [0.2, 0.25) is 0 Å². The van der Waals surface area contributed by atoms with Crippen molar-refractivity contribution in [3.63, 3.8) is 0 Å². The van der Waals surface area contributed by atoms with Crippen LogP contribution in [0.5, 0.6) is 0 Å². The van der Waals surface area contributed by atoms with Gasteiger partial charge < -0.3 is 10.6 Å². The summed E-state index contributed by atoms with van der Waals surface area (Å²) in [6.45, 7) is 5.77. The van der Waals surface area contributed by atoms with Crippen molar-refractivity contribution in [1.29, 1.82) is 0 Å². The molecule has 0 radical (unpaired) electrons. The molecule has 2 aromatic rings. The van der Waals surface area contributed by atoms with Gasteiger partial charge in [0, 0.05) is 34.6 Å². The molecule has 114 valence electrons. The first kappa shape index (κ1) is 16.3. The van der Waals surface area contributed by atoms with Crippen LogP contribution in [0.15, 0.2) is 29.6 Å². The maximum Gasteiger partial charge on any atom is 0.255 e. The third kappa shape index (κ3) is 2.93. The fraction of sp³-hybridized carbons (Fsp3) is 0.438. The van der Waals surface area contributed by atoms with E-state index in [1.165, 1.54) is 4.70 Å². The van der Waals surface area contributed by atoms with Crippen molar-refractivity contribution in [3.8, 4) is 0 Å². The monoisotopic (exact) mass is 324 g/mol.